The molecule has 2 amide bonds. The number of benzene rings is 2. The number of nitrogens with zero attached hydrogens (tertiary/aromatic N) is 4. The van der Waals surface area contributed by atoms with Gasteiger partial charge in [0.25, 0.3) is 0 Å². The molecule has 1 fully saturated rings. The van der Waals surface area contributed by atoms with Crippen LogP contribution in [0.4, 0.5) is 36.2 Å². The number of aryl methyl sites for hydroxylation is 2. The molecule has 240 valence electrons. The summed E-state index contributed by atoms with van der Waals surface area (Å²) in [5.41, 5.74) is 1.78. The molecule has 0 atom stereocenters. The number of alkyl halides is 3. The van der Waals surface area contributed by atoms with Gasteiger partial charge >= 0.3 is 6.18 Å². The van der Waals surface area contributed by atoms with Gasteiger partial charge in [0.2, 0.25) is 17.8 Å². The molecule has 10 nitrogen and oxygen atoms in total. The molecule has 13 heteroatoms. The maximum atomic E-state index is 14.0. The number of ether oxygens (including phenoxy) is 2. The summed E-state index contributed by atoms with van der Waals surface area (Å²) in [6, 6.07) is 10.9. The van der Waals surface area contributed by atoms with E-state index in [0.717, 1.165) is 23.0 Å². The van der Waals surface area contributed by atoms with Crippen LogP contribution in [-0.2, 0) is 38.8 Å². The zero-order chi connectivity index (χ0) is 32.4. The molecule has 45 heavy (non-hydrogen) atoms. The molecule has 0 spiro atoms. The third-order valence-electron chi connectivity index (χ3n) is 8.35. The topological polar surface area (TPSA) is 109 Å². The van der Waals surface area contributed by atoms with Crippen molar-refractivity contribution in [2.24, 2.45) is 0 Å². The van der Waals surface area contributed by atoms with E-state index in [9.17, 15) is 22.8 Å². The molecule has 2 aromatic carbocycles. The number of rotatable bonds is 10. The molecule has 3 aromatic rings. The highest BCUT2D eigenvalue weighted by atomic mass is 19.4. The van der Waals surface area contributed by atoms with E-state index in [4.69, 9.17) is 9.47 Å². The van der Waals surface area contributed by atoms with Crippen molar-refractivity contribution in [1.29, 1.82) is 0 Å². The van der Waals surface area contributed by atoms with E-state index in [1.165, 1.54) is 7.11 Å². The van der Waals surface area contributed by atoms with Crippen LogP contribution in [0.25, 0.3) is 0 Å². The van der Waals surface area contributed by atoms with Gasteiger partial charge in [-0.3, -0.25) is 9.59 Å². The number of carbonyl (C=O) groups is 2. The maximum absolute atomic E-state index is 14.0. The van der Waals surface area contributed by atoms with Crippen LogP contribution in [-0.4, -0.2) is 73.7 Å². The first-order chi connectivity index (χ1) is 21.4. The molecule has 5 rings (SSSR count). The molecule has 0 aliphatic carbocycles. The number of amides is 2. The Balaban J connectivity index is 1.32. The smallest absolute Gasteiger partial charge is 0.419 e. The fraction of sp³-hybridized carbons (Fsp3) is 0.438. The highest BCUT2D eigenvalue weighted by Crippen LogP contribution is 2.40. The number of anilines is 4. The normalized spacial score (nSPS) is 15.9. The summed E-state index contributed by atoms with van der Waals surface area (Å²) in [5, 5.41) is 5.88. The van der Waals surface area contributed by atoms with Crippen molar-refractivity contribution in [2.75, 3.05) is 62.5 Å². The Morgan fingerprint density at radius 2 is 1.84 bits per heavy atom. The summed E-state index contributed by atoms with van der Waals surface area (Å²) >= 11 is 0. The SMILES string of the molecule is COCCC(=O)N1CCN(c2ccc(Nc3ncc(C(F)(F)F)c(CCc4cccc5c4C(C)(C)C(=O)N5)n3)c(OC)c2)CC1. The average molecular weight is 627 g/mol. The van der Waals surface area contributed by atoms with E-state index in [1.807, 2.05) is 23.1 Å². The third kappa shape index (κ3) is 6.82. The Bertz CT molecular complexity index is 1570. The second-order valence-electron chi connectivity index (χ2n) is 11.6. The Hall–Kier alpha value is -4.39. The Labute approximate surface area is 259 Å². The van der Waals surface area contributed by atoms with Crippen molar-refractivity contribution in [3.63, 3.8) is 0 Å². The van der Waals surface area contributed by atoms with Crippen molar-refractivity contribution in [2.45, 2.75) is 44.7 Å². The number of piperazine rings is 1. The van der Waals surface area contributed by atoms with Crippen molar-refractivity contribution >= 4 is 34.8 Å². The molecule has 2 aliphatic heterocycles. The van der Waals surface area contributed by atoms with E-state index < -0.39 is 17.2 Å². The maximum Gasteiger partial charge on any atom is 0.419 e. The van der Waals surface area contributed by atoms with Gasteiger partial charge in [0, 0.05) is 56.9 Å². The predicted molar refractivity (Wildman–Crippen MR) is 164 cm³/mol. The minimum atomic E-state index is -4.64. The molecule has 0 bridgehead atoms. The first-order valence-corrected chi connectivity index (χ1v) is 14.8. The number of methoxy groups -OCH3 is 2. The van der Waals surface area contributed by atoms with Crippen LogP contribution in [0.5, 0.6) is 5.75 Å². The van der Waals surface area contributed by atoms with Crippen LogP contribution >= 0.6 is 0 Å². The minimum absolute atomic E-state index is 0.00250. The number of carbonyl (C=O) groups excluding carboxylic acids is 2. The Kier molecular flexibility index (Phi) is 9.19. The van der Waals surface area contributed by atoms with Gasteiger partial charge in [0.05, 0.1) is 42.5 Å². The van der Waals surface area contributed by atoms with Crippen molar-refractivity contribution < 1.29 is 32.2 Å². The van der Waals surface area contributed by atoms with Gasteiger partial charge in [-0.1, -0.05) is 12.1 Å². The molecule has 0 saturated carbocycles. The van der Waals surface area contributed by atoms with Gasteiger partial charge in [-0.25, -0.2) is 9.97 Å². The van der Waals surface area contributed by atoms with E-state index >= 15 is 0 Å². The number of hydrogen-bond donors (Lipinski definition) is 2. The van der Waals surface area contributed by atoms with Gasteiger partial charge in [0.1, 0.15) is 5.75 Å². The van der Waals surface area contributed by atoms with Gasteiger partial charge in [-0.2, -0.15) is 13.2 Å². The second kappa shape index (κ2) is 12.9. The van der Waals surface area contributed by atoms with Crippen LogP contribution in [0.2, 0.25) is 0 Å². The number of fused-ring (bicyclic) bond motifs is 1. The van der Waals surface area contributed by atoms with Gasteiger partial charge in [-0.15, -0.1) is 0 Å². The highest BCUT2D eigenvalue weighted by Gasteiger charge is 2.40. The minimum Gasteiger partial charge on any atom is -0.494 e. The Morgan fingerprint density at radius 3 is 2.53 bits per heavy atom. The monoisotopic (exact) mass is 626 g/mol. The number of aromatic nitrogens is 2. The van der Waals surface area contributed by atoms with Crippen LogP contribution in [0.3, 0.4) is 0 Å². The number of nitrogens with one attached hydrogen (secondary N) is 2. The van der Waals surface area contributed by atoms with E-state index in [2.05, 4.69) is 25.5 Å². The zero-order valence-corrected chi connectivity index (χ0v) is 25.8. The first-order valence-electron chi connectivity index (χ1n) is 14.8. The predicted octanol–water partition coefficient (Wildman–Crippen LogP) is 4.95. The molecule has 1 aromatic heterocycles. The van der Waals surface area contributed by atoms with Crippen molar-refractivity contribution in [3.05, 3.63) is 65.0 Å². The standard InChI is InChI=1S/C32H37F3N6O4/c1-31(2)28-20(6-5-7-25(28)37-29(31)43)8-10-23-22(32(33,34)35)19-36-30(38-23)39-24-11-9-21(18-26(24)45-4)40-13-15-41(16-14-40)27(42)12-17-44-3/h5-7,9,11,18-19H,8,10,12-17H2,1-4H3,(H,37,43)(H,36,38,39). The molecule has 2 aliphatic rings. The molecule has 0 radical (unpaired) electrons. The van der Waals surface area contributed by atoms with Crippen molar-refractivity contribution in [1.82, 2.24) is 14.9 Å². The Morgan fingerprint density at radius 1 is 1.09 bits per heavy atom. The van der Waals surface area contributed by atoms with E-state index in [1.54, 1.807) is 39.2 Å². The summed E-state index contributed by atoms with van der Waals surface area (Å²) < 4.78 is 52.6. The summed E-state index contributed by atoms with van der Waals surface area (Å²) in [6.07, 6.45) is -3.25. The molecule has 1 saturated heterocycles. The molecule has 2 N–H and O–H groups in total. The fourth-order valence-corrected chi connectivity index (χ4v) is 5.86. The molecular weight excluding hydrogens is 589 g/mol. The van der Waals surface area contributed by atoms with E-state index in [-0.39, 0.29) is 36.3 Å². The van der Waals surface area contributed by atoms with Crippen LogP contribution in [0, 0.1) is 0 Å². The molecular formula is C32H37F3N6O4. The van der Waals surface area contributed by atoms with Crippen LogP contribution in [0.1, 0.15) is 42.7 Å². The highest BCUT2D eigenvalue weighted by molar-refractivity contribution is 6.06. The van der Waals surface area contributed by atoms with Crippen molar-refractivity contribution in [3.8, 4) is 5.75 Å². The number of halogens is 3. The quantitative estimate of drug-likeness (QED) is 0.326. The van der Waals surface area contributed by atoms with Gasteiger partial charge < -0.3 is 29.9 Å². The average Bonchev–Trinajstić information content (AvgIpc) is 3.26. The fourth-order valence-electron chi connectivity index (χ4n) is 5.86. The summed E-state index contributed by atoms with van der Waals surface area (Å²) in [6.45, 7) is 6.46. The summed E-state index contributed by atoms with van der Waals surface area (Å²) in [4.78, 5) is 37.0. The number of hydrogen-bond acceptors (Lipinski definition) is 8. The van der Waals surface area contributed by atoms with Gasteiger partial charge in [-0.05, 0) is 56.0 Å². The zero-order valence-electron chi connectivity index (χ0n) is 25.8. The van der Waals surface area contributed by atoms with E-state index in [0.29, 0.717) is 56.3 Å². The lowest BCUT2D eigenvalue weighted by atomic mass is 9.82. The van der Waals surface area contributed by atoms with Crippen LogP contribution in [0.15, 0.2) is 42.6 Å². The summed E-state index contributed by atoms with van der Waals surface area (Å²) in [5.74, 6) is 0.385. The molecule has 3 heterocycles. The largest absolute Gasteiger partial charge is 0.494 e. The second-order valence-corrected chi connectivity index (χ2v) is 11.6. The van der Waals surface area contributed by atoms with Gasteiger partial charge in [0.15, 0.2) is 0 Å². The lowest BCUT2D eigenvalue weighted by Gasteiger charge is -2.36. The third-order valence-corrected chi connectivity index (χ3v) is 8.35. The lowest BCUT2D eigenvalue weighted by molar-refractivity contribution is -0.138. The first kappa shape index (κ1) is 32.0. The lowest BCUT2D eigenvalue weighted by Crippen LogP contribution is -2.49. The molecule has 0 unspecified atom stereocenters. The van der Waals surface area contributed by atoms with Crippen LogP contribution < -0.4 is 20.3 Å². The summed E-state index contributed by atoms with van der Waals surface area (Å²) in [7, 11) is 3.08.